The van der Waals surface area contributed by atoms with Crippen molar-refractivity contribution in [3.05, 3.63) is 59.0 Å². The summed E-state index contributed by atoms with van der Waals surface area (Å²) < 4.78 is 37.9. The minimum Gasteiger partial charge on any atom is -0.465 e. The maximum absolute atomic E-state index is 13.8. The van der Waals surface area contributed by atoms with E-state index in [9.17, 15) is 18.0 Å². The number of sulfone groups is 1. The number of aromatic nitrogens is 1. The van der Waals surface area contributed by atoms with Crippen LogP contribution in [0.3, 0.4) is 0 Å². The quantitative estimate of drug-likeness (QED) is 0.286. The third-order valence-corrected chi connectivity index (χ3v) is 11.4. The first-order valence-electron chi connectivity index (χ1n) is 12.8. The Kier molecular flexibility index (Phi) is 7.11. The van der Waals surface area contributed by atoms with E-state index >= 15 is 0 Å². The van der Waals surface area contributed by atoms with Gasteiger partial charge in [0.1, 0.15) is 4.83 Å². The van der Waals surface area contributed by atoms with Gasteiger partial charge in [0.15, 0.2) is 5.13 Å². The Bertz CT molecular complexity index is 1720. The van der Waals surface area contributed by atoms with Gasteiger partial charge in [0, 0.05) is 25.6 Å². The number of esters is 1. The van der Waals surface area contributed by atoms with Crippen molar-refractivity contribution in [1.82, 2.24) is 4.98 Å². The molecule has 0 radical (unpaired) electrons. The molecular weight excluding hydrogens is 571 g/mol. The van der Waals surface area contributed by atoms with Gasteiger partial charge in [-0.15, -0.1) is 11.3 Å². The highest BCUT2D eigenvalue weighted by Gasteiger charge is 2.34. The zero-order valence-electron chi connectivity index (χ0n) is 21.9. The van der Waals surface area contributed by atoms with Crippen molar-refractivity contribution in [1.29, 1.82) is 0 Å². The number of methoxy groups -OCH3 is 1. The highest BCUT2D eigenvalue weighted by Crippen LogP contribution is 2.45. The van der Waals surface area contributed by atoms with Gasteiger partial charge in [-0.05, 0) is 55.0 Å². The van der Waals surface area contributed by atoms with Crippen LogP contribution in [0.5, 0.6) is 0 Å². The van der Waals surface area contributed by atoms with Gasteiger partial charge in [-0.3, -0.25) is 4.79 Å². The molecule has 1 unspecified atom stereocenters. The van der Waals surface area contributed by atoms with Gasteiger partial charge < -0.3 is 19.7 Å². The van der Waals surface area contributed by atoms with Crippen LogP contribution in [0.2, 0.25) is 0 Å². The second-order valence-corrected chi connectivity index (χ2v) is 13.6. The molecule has 0 saturated carbocycles. The number of rotatable bonds is 6. The van der Waals surface area contributed by atoms with Gasteiger partial charge >= 0.3 is 5.97 Å². The number of carbonyl (C=O) groups excluding carboxylic acids is 2. The summed E-state index contributed by atoms with van der Waals surface area (Å²) >= 11 is 2.56. The normalized spacial score (nSPS) is 17.2. The number of anilines is 3. The standard InChI is InChI=1S/C28H27N3O6S3/c1-31-20-5-3-4-6-22(20)40(34,35)23-8-7-17(14-21(23)31)18(13-16-9-11-37-12-10-16)25(32)29-28-30-26-24(39-28)19(15-38-26)27(33)36-2/h3-8,14-16,18H,9-13H2,1-2H3,(H,29,30,32). The smallest absolute Gasteiger partial charge is 0.340 e. The molecule has 208 valence electrons. The van der Waals surface area contributed by atoms with Crippen LogP contribution >= 0.6 is 22.7 Å². The summed E-state index contributed by atoms with van der Waals surface area (Å²) in [6, 6.07) is 12.1. The summed E-state index contributed by atoms with van der Waals surface area (Å²) in [6.07, 6.45) is 2.30. The minimum atomic E-state index is -3.70. The highest BCUT2D eigenvalue weighted by molar-refractivity contribution is 7.92. The fourth-order valence-corrected chi connectivity index (χ4v) is 9.15. The van der Waals surface area contributed by atoms with Crippen LogP contribution < -0.4 is 10.2 Å². The number of thiophene rings is 1. The largest absolute Gasteiger partial charge is 0.465 e. The summed E-state index contributed by atoms with van der Waals surface area (Å²) in [4.78, 5) is 33.5. The van der Waals surface area contributed by atoms with Crippen LogP contribution in [0.25, 0.3) is 9.53 Å². The molecule has 4 aromatic rings. The van der Waals surface area contributed by atoms with Gasteiger partial charge in [0.2, 0.25) is 15.7 Å². The number of nitrogens with zero attached hydrogens (tertiary/aromatic N) is 2. The lowest BCUT2D eigenvalue weighted by Crippen LogP contribution is -2.27. The Morgan fingerprint density at radius 3 is 2.67 bits per heavy atom. The molecule has 12 heteroatoms. The van der Waals surface area contributed by atoms with E-state index in [4.69, 9.17) is 9.47 Å². The number of ether oxygens (including phenoxy) is 2. The van der Waals surface area contributed by atoms with Crippen LogP contribution in [0.4, 0.5) is 16.5 Å². The summed E-state index contributed by atoms with van der Waals surface area (Å²) in [5.74, 6) is -0.925. The number of hydrogen-bond acceptors (Lipinski definition) is 10. The molecule has 1 amide bonds. The Morgan fingerprint density at radius 1 is 1.15 bits per heavy atom. The van der Waals surface area contributed by atoms with E-state index in [0.717, 1.165) is 18.4 Å². The topological polar surface area (TPSA) is 115 Å². The van der Waals surface area contributed by atoms with E-state index in [1.165, 1.54) is 29.8 Å². The SMILES string of the molecule is COC(=O)c1csc2nc(NC(=O)C(CC3CCOCC3)c3ccc4c(c3)N(C)c3ccccc3S4(=O)=O)sc12. The van der Waals surface area contributed by atoms with Crippen molar-refractivity contribution < 1.29 is 27.5 Å². The van der Waals surface area contributed by atoms with Crippen molar-refractivity contribution in [3.8, 4) is 0 Å². The maximum Gasteiger partial charge on any atom is 0.340 e. The second kappa shape index (κ2) is 10.6. The van der Waals surface area contributed by atoms with Gasteiger partial charge in [-0.2, -0.15) is 0 Å². The summed E-state index contributed by atoms with van der Waals surface area (Å²) in [5.41, 5.74) is 2.30. The number of nitrogens with one attached hydrogen (secondary N) is 1. The first-order valence-corrected chi connectivity index (χ1v) is 16.0. The lowest BCUT2D eigenvalue weighted by Gasteiger charge is -2.31. The first-order chi connectivity index (χ1) is 19.3. The fraction of sp³-hybridized carbons (Fsp3) is 0.321. The van der Waals surface area contributed by atoms with E-state index in [0.29, 0.717) is 51.2 Å². The van der Waals surface area contributed by atoms with Crippen LogP contribution in [0.1, 0.15) is 41.1 Å². The van der Waals surface area contributed by atoms with Crippen molar-refractivity contribution in [2.24, 2.45) is 5.92 Å². The molecule has 1 atom stereocenters. The Morgan fingerprint density at radius 2 is 1.90 bits per heavy atom. The summed E-state index contributed by atoms with van der Waals surface area (Å²) in [5, 5.41) is 5.08. The molecule has 1 fully saturated rings. The zero-order valence-corrected chi connectivity index (χ0v) is 24.3. The van der Waals surface area contributed by atoms with Gasteiger partial charge in [0.05, 0.1) is 44.5 Å². The Balaban J connectivity index is 1.35. The number of carbonyl (C=O) groups is 2. The number of benzene rings is 2. The molecule has 0 aliphatic carbocycles. The van der Waals surface area contributed by atoms with E-state index in [-0.39, 0.29) is 21.6 Å². The average molecular weight is 598 g/mol. The van der Waals surface area contributed by atoms with E-state index in [1.807, 2.05) is 24.1 Å². The van der Waals surface area contributed by atoms with Crippen molar-refractivity contribution >= 4 is 70.4 Å². The fourth-order valence-electron chi connectivity index (χ4n) is 5.38. The van der Waals surface area contributed by atoms with Crippen LogP contribution in [-0.4, -0.2) is 52.6 Å². The Labute approximate surface area is 239 Å². The number of fused-ring (bicyclic) bond motifs is 3. The highest BCUT2D eigenvalue weighted by atomic mass is 32.2. The molecule has 4 heterocycles. The lowest BCUT2D eigenvalue weighted by atomic mass is 9.84. The molecule has 0 bridgehead atoms. The number of thiazole rings is 1. The van der Waals surface area contributed by atoms with Crippen LogP contribution in [-0.2, 0) is 24.1 Å². The van der Waals surface area contributed by atoms with E-state index < -0.39 is 21.7 Å². The minimum absolute atomic E-state index is 0.221. The third kappa shape index (κ3) is 4.68. The summed E-state index contributed by atoms with van der Waals surface area (Å²) in [7, 11) is -0.530. The summed E-state index contributed by atoms with van der Waals surface area (Å²) in [6.45, 7) is 1.31. The first kappa shape index (κ1) is 26.9. The molecule has 2 aromatic carbocycles. The zero-order chi connectivity index (χ0) is 28.0. The van der Waals surface area contributed by atoms with Crippen molar-refractivity contribution in [3.63, 3.8) is 0 Å². The molecule has 1 N–H and O–H groups in total. The number of amides is 1. The Hall–Kier alpha value is -3.32. The van der Waals surface area contributed by atoms with Gasteiger partial charge in [0.25, 0.3) is 0 Å². The molecule has 1 saturated heterocycles. The number of para-hydroxylation sites is 1. The predicted octanol–water partition coefficient (Wildman–Crippen LogP) is 5.60. The molecule has 6 rings (SSSR count). The molecule has 2 aromatic heterocycles. The average Bonchev–Trinajstić information content (AvgIpc) is 3.55. The third-order valence-electron chi connectivity index (χ3n) is 7.54. The monoisotopic (exact) mass is 597 g/mol. The van der Waals surface area contributed by atoms with Crippen molar-refractivity contribution in [2.45, 2.75) is 35.0 Å². The van der Waals surface area contributed by atoms with Crippen LogP contribution in [0.15, 0.2) is 57.6 Å². The lowest BCUT2D eigenvalue weighted by molar-refractivity contribution is -0.118. The number of hydrogen-bond donors (Lipinski definition) is 1. The van der Waals surface area contributed by atoms with Crippen LogP contribution in [0, 0.1) is 5.92 Å². The molecule has 2 aliphatic rings. The molecular formula is C28H27N3O6S3. The predicted molar refractivity (Wildman–Crippen MR) is 155 cm³/mol. The molecule has 9 nitrogen and oxygen atoms in total. The van der Waals surface area contributed by atoms with E-state index in [1.54, 1.807) is 35.7 Å². The van der Waals surface area contributed by atoms with Crippen molar-refractivity contribution in [2.75, 3.05) is 37.6 Å². The van der Waals surface area contributed by atoms with E-state index in [2.05, 4.69) is 10.3 Å². The molecule has 40 heavy (non-hydrogen) atoms. The molecule has 0 spiro atoms. The second-order valence-electron chi connectivity index (χ2n) is 9.88. The maximum atomic E-state index is 13.8. The molecule has 2 aliphatic heterocycles. The van der Waals surface area contributed by atoms with Gasteiger partial charge in [-0.25, -0.2) is 18.2 Å². The van der Waals surface area contributed by atoms with Gasteiger partial charge in [-0.1, -0.05) is 29.5 Å².